The fourth-order valence-corrected chi connectivity index (χ4v) is 1.06. The first kappa shape index (κ1) is 11.5. The first-order chi connectivity index (χ1) is 6.99. The number of nitrogen functional groups attached to an aromatic ring is 1. The predicted octanol–water partition coefficient (Wildman–Crippen LogP) is 2.22. The third-order valence-electron chi connectivity index (χ3n) is 1.70. The highest BCUT2D eigenvalue weighted by atomic mass is 19.1. The SMILES string of the molecule is CC(C)COC(=O)c1cc(N)cc(F)c1. The molecule has 0 unspecified atom stereocenters. The highest BCUT2D eigenvalue weighted by Gasteiger charge is 2.10. The van der Waals surface area contributed by atoms with Gasteiger partial charge in [-0.3, -0.25) is 0 Å². The van der Waals surface area contributed by atoms with Gasteiger partial charge in [-0.1, -0.05) is 13.8 Å². The molecule has 0 saturated heterocycles. The number of ether oxygens (including phenoxy) is 1. The molecule has 0 aliphatic carbocycles. The van der Waals surface area contributed by atoms with Crippen LogP contribution in [0.1, 0.15) is 24.2 Å². The Morgan fingerprint density at radius 3 is 2.67 bits per heavy atom. The number of nitrogens with two attached hydrogens (primary N) is 1. The summed E-state index contributed by atoms with van der Waals surface area (Å²) in [5, 5.41) is 0. The standard InChI is InChI=1S/C11H14FNO2/c1-7(2)6-15-11(14)8-3-9(12)5-10(13)4-8/h3-5,7H,6,13H2,1-2H3. The maximum Gasteiger partial charge on any atom is 0.338 e. The second-order valence-electron chi connectivity index (χ2n) is 3.77. The number of halogens is 1. The van der Waals surface area contributed by atoms with Crippen LogP contribution in [0.2, 0.25) is 0 Å². The van der Waals surface area contributed by atoms with Crippen LogP contribution in [-0.4, -0.2) is 12.6 Å². The summed E-state index contributed by atoms with van der Waals surface area (Å²) in [6.45, 7) is 4.16. The summed E-state index contributed by atoms with van der Waals surface area (Å²) >= 11 is 0. The van der Waals surface area contributed by atoms with E-state index >= 15 is 0 Å². The fraction of sp³-hybridized carbons (Fsp3) is 0.364. The molecule has 0 aromatic heterocycles. The van der Waals surface area contributed by atoms with E-state index in [1.165, 1.54) is 6.07 Å². The van der Waals surface area contributed by atoms with Gasteiger partial charge >= 0.3 is 5.97 Å². The van der Waals surface area contributed by atoms with Crippen molar-refractivity contribution in [3.8, 4) is 0 Å². The molecular weight excluding hydrogens is 197 g/mol. The van der Waals surface area contributed by atoms with Crippen molar-refractivity contribution < 1.29 is 13.9 Å². The molecule has 0 amide bonds. The molecule has 1 rings (SSSR count). The largest absolute Gasteiger partial charge is 0.462 e. The topological polar surface area (TPSA) is 52.3 Å². The van der Waals surface area contributed by atoms with Crippen LogP contribution in [0.15, 0.2) is 18.2 Å². The zero-order chi connectivity index (χ0) is 11.4. The minimum absolute atomic E-state index is 0.146. The van der Waals surface area contributed by atoms with E-state index in [4.69, 9.17) is 10.5 Å². The molecule has 0 radical (unpaired) electrons. The van der Waals surface area contributed by atoms with Crippen molar-refractivity contribution in [3.63, 3.8) is 0 Å². The average molecular weight is 211 g/mol. The van der Waals surface area contributed by atoms with Gasteiger partial charge in [-0.2, -0.15) is 0 Å². The molecule has 3 nitrogen and oxygen atoms in total. The molecule has 1 aromatic carbocycles. The zero-order valence-electron chi connectivity index (χ0n) is 8.79. The van der Waals surface area contributed by atoms with Crippen molar-refractivity contribution in [2.24, 2.45) is 5.92 Å². The Kier molecular flexibility index (Phi) is 3.66. The van der Waals surface area contributed by atoms with E-state index in [2.05, 4.69) is 0 Å². The Labute approximate surface area is 88.0 Å². The van der Waals surface area contributed by atoms with Crippen molar-refractivity contribution in [2.75, 3.05) is 12.3 Å². The number of carbonyl (C=O) groups excluding carboxylic acids is 1. The van der Waals surface area contributed by atoms with Crippen LogP contribution < -0.4 is 5.73 Å². The van der Waals surface area contributed by atoms with Crippen LogP contribution in [0.25, 0.3) is 0 Å². The van der Waals surface area contributed by atoms with Crippen LogP contribution in [0.5, 0.6) is 0 Å². The Hall–Kier alpha value is -1.58. The van der Waals surface area contributed by atoms with Gasteiger partial charge in [-0.05, 0) is 24.1 Å². The average Bonchev–Trinajstić information content (AvgIpc) is 2.12. The molecule has 0 bridgehead atoms. The Bertz CT molecular complexity index is 343. The summed E-state index contributed by atoms with van der Waals surface area (Å²) in [4.78, 5) is 11.4. The van der Waals surface area contributed by atoms with Gasteiger partial charge in [-0.25, -0.2) is 9.18 Å². The van der Waals surface area contributed by atoms with Gasteiger partial charge in [0.2, 0.25) is 0 Å². The lowest BCUT2D eigenvalue weighted by Crippen LogP contribution is -2.10. The van der Waals surface area contributed by atoms with Crippen LogP contribution >= 0.6 is 0 Å². The van der Waals surface area contributed by atoms with Crippen LogP contribution in [-0.2, 0) is 4.74 Å². The minimum Gasteiger partial charge on any atom is -0.462 e. The van der Waals surface area contributed by atoms with Crippen molar-refractivity contribution in [2.45, 2.75) is 13.8 Å². The molecule has 0 spiro atoms. The predicted molar refractivity (Wildman–Crippen MR) is 55.9 cm³/mol. The third kappa shape index (κ3) is 3.58. The molecule has 0 aliphatic rings. The zero-order valence-corrected chi connectivity index (χ0v) is 8.79. The number of hydrogen-bond donors (Lipinski definition) is 1. The first-order valence-corrected chi connectivity index (χ1v) is 4.72. The quantitative estimate of drug-likeness (QED) is 0.616. The van der Waals surface area contributed by atoms with E-state index in [-0.39, 0.29) is 17.2 Å². The van der Waals surface area contributed by atoms with Crippen molar-refractivity contribution in [1.29, 1.82) is 0 Å². The minimum atomic E-state index is -0.546. The molecule has 0 atom stereocenters. The van der Waals surface area contributed by atoms with Gasteiger partial charge in [0, 0.05) is 5.69 Å². The molecule has 2 N–H and O–H groups in total. The molecule has 0 heterocycles. The molecular formula is C11H14FNO2. The number of esters is 1. The number of anilines is 1. The smallest absolute Gasteiger partial charge is 0.338 e. The van der Waals surface area contributed by atoms with E-state index in [1.54, 1.807) is 0 Å². The van der Waals surface area contributed by atoms with Gasteiger partial charge in [-0.15, -0.1) is 0 Å². The van der Waals surface area contributed by atoms with E-state index in [0.29, 0.717) is 6.61 Å². The lowest BCUT2D eigenvalue weighted by Gasteiger charge is -2.07. The summed E-state index contributed by atoms with van der Waals surface area (Å²) < 4.78 is 17.8. The molecule has 1 aromatic rings. The number of carbonyl (C=O) groups is 1. The normalized spacial score (nSPS) is 10.4. The molecule has 0 saturated carbocycles. The maximum atomic E-state index is 12.9. The van der Waals surface area contributed by atoms with Crippen LogP contribution in [0, 0.1) is 11.7 Å². The van der Waals surface area contributed by atoms with E-state index in [9.17, 15) is 9.18 Å². The monoisotopic (exact) mass is 211 g/mol. The van der Waals surface area contributed by atoms with E-state index in [1.807, 2.05) is 13.8 Å². The summed E-state index contributed by atoms with van der Waals surface area (Å²) in [5.74, 6) is -0.832. The Morgan fingerprint density at radius 2 is 2.13 bits per heavy atom. The lowest BCUT2D eigenvalue weighted by molar-refractivity contribution is 0.0458. The Morgan fingerprint density at radius 1 is 1.47 bits per heavy atom. The van der Waals surface area contributed by atoms with Gasteiger partial charge in [0.25, 0.3) is 0 Å². The highest BCUT2D eigenvalue weighted by Crippen LogP contribution is 2.12. The maximum absolute atomic E-state index is 12.9. The number of benzene rings is 1. The second kappa shape index (κ2) is 4.77. The van der Waals surface area contributed by atoms with Crippen LogP contribution in [0.4, 0.5) is 10.1 Å². The van der Waals surface area contributed by atoms with Gasteiger partial charge in [0.1, 0.15) is 5.82 Å². The highest BCUT2D eigenvalue weighted by molar-refractivity contribution is 5.90. The number of rotatable bonds is 3. The van der Waals surface area contributed by atoms with Crippen molar-refractivity contribution in [3.05, 3.63) is 29.6 Å². The second-order valence-corrected chi connectivity index (χ2v) is 3.77. The first-order valence-electron chi connectivity index (χ1n) is 4.72. The third-order valence-corrected chi connectivity index (χ3v) is 1.70. The number of hydrogen-bond acceptors (Lipinski definition) is 3. The van der Waals surface area contributed by atoms with Gasteiger partial charge in [0.15, 0.2) is 0 Å². The lowest BCUT2D eigenvalue weighted by atomic mass is 10.2. The molecule has 0 aliphatic heterocycles. The molecule has 15 heavy (non-hydrogen) atoms. The summed E-state index contributed by atoms with van der Waals surface area (Å²) in [5.41, 5.74) is 5.77. The van der Waals surface area contributed by atoms with Gasteiger partial charge < -0.3 is 10.5 Å². The van der Waals surface area contributed by atoms with E-state index in [0.717, 1.165) is 12.1 Å². The van der Waals surface area contributed by atoms with Gasteiger partial charge in [0.05, 0.1) is 12.2 Å². The molecule has 82 valence electrons. The summed E-state index contributed by atoms with van der Waals surface area (Å²) in [7, 11) is 0. The van der Waals surface area contributed by atoms with Crippen molar-refractivity contribution >= 4 is 11.7 Å². The van der Waals surface area contributed by atoms with E-state index < -0.39 is 11.8 Å². The fourth-order valence-electron chi connectivity index (χ4n) is 1.06. The molecule has 0 fully saturated rings. The van der Waals surface area contributed by atoms with Crippen LogP contribution in [0.3, 0.4) is 0 Å². The summed E-state index contributed by atoms with van der Waals surface area (Å²) in [6.07, 6.45) is 0. The summed E-state index contributed by atoms with van der Waals surface area (Å²) in [6, 6.07) is 3.66. The van der Waals surface area contributed by atoms with Crippen molar-refractivity contribution in [1.82, 2.24) is 0 Å². The molecule has 4 heteroatoms. The Balaban J connectivity index is 2.73.